The van der Waals surface area contributed by atoms with Crippen LogP contribution in [0.4, 0.5) is 16.2 Å². The van der Waals surface area contributed by atoms with Crippen LogP contribution in [-0.2, 0) is 19.4 Å². The van der Waals surface area contributed by atoms with Crippen LogP contribution in [-0.4, -0.2) is 39.6 Å². The maximum Gasteiger partial charge on any atom is 0.251 e. The van der Waals surface area contributed by atoms with E-state index in [0.29, 0.717) is 35.7 Å². The predicted octanol–water partition coefficient (Wildman–Crippen LogP) is 2.73. The lowest BCUT2D eigenvalue weighted by Gasteiger charge is -2.11. The van der Waals surface area contributed by atoms with Crippen LogP contribution < -0.4 is 15.4 Å². The first-order valence-corrected chi connectivity index (χ1v) is 9.22. The Morgan fingerprint density at radius 2 is 1.97 bits per heavy atom. The second-order valence-corrected chi connectivity index (χ2v) is 6.36. The molecule has 2 aromatic heterocycles. The van der Waals surface area contributed by atoms with Gasteiger partial charge in [0.2, 0.25) is 5.95 Å². The van der Waals surface area contributed by atoms with Crippen LogP contribution in [0.1, 0.15) is 28.4 Å². The number of amides is 1. The summed E-state index contributed by atoms with van der Waals surface area (Å²) in [5.41, 5.74) is 1.59. The summed E-state index contributed by atoms with van der Waals surface area (Å²) in [6.07, 6.45) is 7.86. The van der Waals surface area contributed by atoms with Gasteiger partial charge in [0.15, 0.2) is 17.4 Å². The molecule has 0 fully saturated rings. The Morgan fingerprint density at radius 3 is 2.59 bits per heavy atom. The standard InChI is InChI=1S/C20H23FN6O2/c1-4-27-11-17(25-12-27)26-20-23-9-13(10-24-20)5-6-14-7-15(19(28)22-2)8-16(29-3)18(14)21/h7-12H,4-6H2,1-3H3,(H,22,28)(H,23,24,26). The fourth-order valence-corrected chi connectivity index (χ4v) is 2.80. The average Bonchev–Trinajstić information content (AvgIpc) is 3.21. The number of nitrogens with zero attached hydrogens (tertiary/aromatic N) is 4. The van der Waals surface area contributed by atoms with Crippen molar-refractivity contribution in [3.8, 4) is 5.75 Å². The van der Waals surface area contributed by atoms with Gasteiger partial charge in [-0.3, -0.25) is 4.79 Å². The summed E-state index contributed by atoms with van der Waals surface area (Å²) in [5, 5.41) is 5.57. The SMILES string of the molecule is CCn1cnc(Nc2ncc(CCc3cc(C(=O)NC)cc(OC)c3F)cn2)c1. The maximum absolute atomic E-state index is 14.6. The third-order valence-corrected chi connectivity index (χ3v) is 4.45. The number of hydrogen-bond acceptors (Lipinski definition) is 6. The Labute approximate surface area is 168 Å². The van der Waals surface area contributed by atoms with Crippen molar-refractivity contribution in [1.82, 2.24) is 24.8 Å². The minimum atomic E-state index is -0.467. The largest absolute Gasteiger partial charge is 0.494 e. The molecule has 1 aromatic carbocycles. The van der Waals surface area contributed by atoms with E-state index < -0.39 is 5.82 Å². The van der Waals surface area contributed by atoms with E-state index in [-0.39, 0.29) is 11.7 Å². The molecule has 0 atom stereocenters. The van der Waals surface area contributed by atoms with E-state index in [1.807, 2.05) is 17.7 Å². The van der Waals surface area contributed by atoms with Crippen LogP contribution in [0.2, 0.25) is 0 Å². The molecule has 8 nitrogen and oxygen atoms in total. The predicted molar refractivity (Wildman–Crippen MR) is 107 cm³/mol. The second-order valence-electron chi connectivity index (χ2n) is 6.36. The highest BCUT2D eigenvalue weighted by molar-refractivity contribution is 5.94. The molecule has 0 spiro atoms. The number of carbonyl (C=O) groups excluding carboxylic acids is 1. The monoisotopic (exact) mass is 398 g/mol. The molecule has 0 unspecified atom stereocenters. The minimum absolute atomic E-state index is 0.0448. The van der Waals surface area contributed by atoms with Gasteiger partial charge in [-0.25, -0.2) is 19.3 Å². The van der Waals surface area contributed by atoms with Crippen LogP contribution in [0, 0.1) is 5.82 Å². The summed E-state index contributed by atoms with van der Waals surface area (Å²) < 4.78 is 21.6. The van der Waals surface area contributed by atoms with Crippen molar-refractivity contribution in [2.75, 3.05) is 19.5 Å². The molecule has 0 bridgehead atoms. The lowest BCUT2D eigenvalue weighted by molar-refractivity contribution is 0.0962. The van der Waals surface area contributed by atoms with E-state index in [1.165, 1.54) is 26.3 Å². The van der Waals surface area contributed by atoms with Crippen LogP contribution >= 0.6 is 0 Å². The lowest BCUT2D eigenvalue weighted by Crippen LogP contribution is -2.18. The van der Waals surface area contributed by atoms with E-state index in [2.05, 4.69) is 25.6 Å². The van der Waals surface area contributed by atoms with Crippen LogP contribution in [0.3, 0.4) is 0 Å². The molecule has 3 aromatic rings. The average molecular weight is 398 g/mol. The molecule has 0 saturated carbocycles. The lowest BCUT2D eigenvalue weighted by atomic mass is 10.0. The molecular formula is C20H23FN6O2. The number of imidazole rings is 1. The van der Waals surface area contributed by atoms with Gasteiger partial charge in [-0.1, -0.05) is 0 Å². The molecule has 0 aliphatic carbocycles. The zero-order chi connectivity index (χ0) is 20.8. The number of methoxy groups -OCH3 is 1. The fourth-order valence-electron chi connectivity index (χ4n) is 2.80. The quantitative estimate of drug-likeness (QED) is 0.606. The topological polar surface area (TPSA) is 94.0 Å². The van der Waals surface area contributed by atoms with Crippen molar-refractivity contribution in [1.29, 1.82) is 0 Å². The van der Waals surface area contributed by atoms with Crippen molar-refractivity contribution in [2.24, 2.45) is 0 Å². The Morgan fingerprint density at radius 1 is 1.21 bits per heavy atom. The maximum atomic E-state index is 14.6. The molecule has 1 amide bonds. The highest BCUT2D eigenvalue weighted by Crippen LogP contribution is 2.24. The summed E-state index contributed by atoms with van der Waals surface area (Å²) in [7, 11) is 2.90. The first kappa shape index (κ1) is 20.2. The number of carbonyl (C=O) groups is 1. The second kappa shape index (κ2) is 9.13. The third-order valence-electron chi connectivity index (χ3n) is 4.45. The van der Waals surface area contributed by atoms with Crippen molar-refractivity contribution >= 4 is 17.7 Å². The number of nitrogens with one attached hydrogen (secondary N) is 2. The van der Waals surface area contributed by atoms with Crippen LogP contribution in [0.15, 0.2) is 37.1 Å². The summed E-state index contributed by atoms with van der Waals surface area (Å²) in [6, 6.07) is 2.93. The first-order chi connectivity index (χ1) is 14.0. The van der Waals surface area contributed by atoms with Crippen molar-refractivity contribution in [2.45, 2.75) is 26.3 Å². The molecule has 9 heteroatoms. The van der Waals surface area contributed by atoms with Gasteiger partial charge in [-0.2, -0.15) is 0 Å². The molecule has 0 radical (unpaired) electrons. The van der Waals surface area contributed by atoms with Crippen molar-refractivity contribution < 1.29 is 13.9 Å². The van der Waals surface area contributed by atoms with E-state index in [9.17, 15) is 9.18 Å². The van der Waals surface area contributed by atoms with Crippen LogP contribution in [0.25, 0.3) is 0 Å². The number of halogens is 1. The molecule has 0 aliphatic rings. The van der Waals surface area contributed by atoms with Crippen LogP contribution in [0.5, 0.6) is 5.75 Å². The molecule has 2 heterocycles. The molecule has 3 rings (SSSR count). The molecule has 2 N–H and O–H groups in total. The van der Waals surface area contributed by atoms with Gasteiger partial charge >= 0.3 is 0 Å². The zero-order valence-electron chi connectivity index (χ0n) is 16.6. The summed E-state index contributed by atoms with van der Waals surface area (Å²) in [4.78, 5) is 24.7. The van der Waals surface area contributed by atoms with Crippen molar-refractivity contribution in [3.05, 3.63) is 59.6 Å². The first-order valence-electron chi connectivity index (χ1n) is 9.22. The van der Waals surface area contributed by atoms with Gasteiger partial charge in [0.05, 0.1) is 13.4 Å². The Hall–Kier alpha value is -3.49. The molecular weight excluding hydrogens is 375 g/mol. The molecule has 152 valence electrons. The summed E-state index contributed by atoms with van der Waals surface area (Å²) in [5.74, 6) is 0.382. The molecule has 0 saturated heterocycles. The Kier molecular flexibility index (Phi) is 6.38. The number of aryl methyl sites for hydroxylation is 3. The van der Waals surface area contributed by atoms with Gasteiger partial charge in [0, 0.05) is 37.7 Å². The third kappa shape index (κ3) is 4.87. The van der Waals surface area contributed by atoms with Gasteiger partial charge < -0.3 is 19.9 Å². The number of ether oxygens (including phenoxy) is 1. The smallest absolute Gasteiger partial charge is 0.251 e. The van der Waals surface area contributed by atoms with E-state index in [1.54, 1.807) is 18.7 Å². The zero-order valence-corrected chi connectivity index (χ0v) is 16.6. The molecule has 0 aliphatic heterocycles. The highest BCUT2D eigenvalue weighted by Gasteiger charge is 2.15. The van der Waals surface area contributed by atoms with Gasteiger partial charge in [0.1, 0.15) is 0 Å². The van der Waals surface area contributed by atoms with Gasteiger partial charge in [0.25, 0.3) is 5.91 Å². The highest BCUT2D eigenvalue weighted by atomic mass is 19.1. The van der Waals surface area contributed by atoms with Gasteiger partial charge in [-0.15, -0.1) is 0 Å². The number of anilines is 2. The van der Waals surface area contributed by atoms with E-state index >= 15 is 0 Å². The number of rotatable bonds is 8. The van der Waals surface area contributed by atoms with Gasteiger partial charge in [-0.05, 0) is 43.0 Å². The number of aromatic nitrogens is 4. The number of benzene rings is 1. The van der Waals surface area contributed by atoms with Crippen molar-refractivity contribution in [3.63, 3.8) is 0 Å². The molecule has 29 heavy (non-hydrogen) atoms. The summed E-state index contributed by atoms with van der Waals surface area (Å²) >= 11 is 0. The normalized spacial score (nSPS) is 10.6. The van der Waals surface area contributed by atoms with E-state index in [0.717, 1.165) is 12.1 Å². The summed E-state index contributed by atoms with van der Waals surface area (Å²) in [6.45, 7) is 2.86. The Balaban J connectivity index is 1.68. The fraction of sp³-hybridized carbons (Fsp3) is 0.300. The number of hydrogen-bond donors (Lipinski definition) is 2. The Bertz CT molecular complexity index is 987. The minimum Gasteiger partial charge on any atom is -0.494 e. The van der Waals surface area contributed by atoms with E-state index in [4.69, 9.17) is 4.74 Å².